The predicted octanol–water partition coefficient (Wildman–Crippen LogP) is 2.67. The first kappa shape index (κ1) is 20.7. The molecule has 0 rings (SSSR count). The third-order valence-electron chi connectivity index (χ3n) is 3.53. The number of amides is 1. The van der Waals surface area contributed by atoms with E-state index in [-0.39, 0.29) is 11.9 Å². The molecule has 2 atom stereocenters. The zero-order chi connectivity index (χ0) is 17.0. The number of hydrogen-bond acceptors (Lipinski definition) is 2. The Kier molecular flexibility index (Phi) is 11.6. The van der Waals surface area contributed by atoms with E-state index in [1.165, 1.54) is 6.42 Å². The molecule has 0 saturated carbocycles. The Hall–Kier alpha value is -1.26. The lowest BCUT2D eigenvalue weighted by molar-refractivity contribution is -0.121. The molecule has 0 aromatic carbocycles. The van der Waals surface area contributed by atoms with Crippen molar-refractivity contribution in [2.75, 3.05) is 13.1 Å². The Morgan fingerprint density at radius 3 is 2.23 bits per heavy atom. The van der Waals surface area contributed by atoms with Crippen LogP contribution in [0.1, 0.15) is 67.2 Å². The summed E-state index contributed by atoms with van der Waals surface area (Å²) in [5, 5.41) is 9.60. The molecule has 5 heteroatoms. The molecule has 0 radical (unpaired) electrons. The van der Waals surface area contributed by atoms with Crippen molar-refractivity contribution in [1.29, 1.82) is 0 Å². The molecule has 0 aromatic rings. The van der Waals surface area contributed by atoms with E-state index in [1.54, 1.807) is 0 Å². The lowest BCUT2D eigenvalue weighted by atomic mass is 10.0. The monoisotopic (exact) mass is 312 g/mol. The first-order valence-corrected chi connectivity index (χ1v) is 8.73. The summed E-state index contributed by atoms with van der Waals surface area (Å²) in [7, 11) is 0. The standard InChI is InChI=1S/C17H36N4O/c1-7-14(5)20-16(22)11-12-19-17(18-8-2)21-15(6)10-9-13(3)4/h13-15H,7-12H2,1-6H3,(H,20,22)(H2,18,19,21). The van der Waals surface area contributed by atoms with Gasteiger partial charge in [-0.05, 0) is 46.0 Å². The van der Waals surface area contributed by atoms with Crippen LogP contribution >= 0.6 is 0 Å². The van der Waals surface area contributed by atoms with E-state index in [1.807, 2.05) is 13.8 Å². The summed E-state index contributed by atoms with van der Waals surface area (Å²) in [4.78, 5) is 16.2. The van der Waals surface area contributed by atoms with Crippen molar-refractivity contribution in [2.24, 2.45) is 10.9 Å². The van der Waals surface area contributed by atoms with Gasteiger partial charge in [0.15, 0.2) is 5.96 Å². The molecule has 0 spiro atoms. The lowest BCUT2D eigenvalue weighted by Gasteiger charge is -2.18. The molecule has 2 unspecified atom stereocenters. The molecule has 22 heavy (non-hydrogen) atoms. The van der Waals surface area contributed by atoms with Crippen molar-refractivity contribution in [3.63, 3.8) is 0 Å². The maximum Gasteiger partial charge on any atom is 0.222 e. The lowest BCUT2D eigenvalue weighted by Crippen LogP contribution is -2.42. The summed E-state index contributed by atoms with van der Waals surface area (Å²) in [5.74, 6) is 1.59. The molecule has 0 aliphatic carbocycles. The van der Waals surface area contributed by atoms with Crippen LogP contribution in [0.2, 0.25) is 0 Å². The smallest absolute Gasteiger partial charge is 0.222 e. The molecule has 0 aliphatic rings. The van der Waals surface area contributed by atoms with Crippen molar-refractivity contribution in [1.82, 2.24) is 16.0 Å². The van der Waals surface area contributed by atoms with Crippen molar-refractivity contribution in [3.05, 3.63) is 0 Å². The van der Waals surface area contributed by atoms with E-state index in [0.29, 0.717) is 24.9 Å². The molecule has 0 fully saturated rings. The van der Waals surface area contributed by atoms with E-state index in [0.717, 1.165) is 25.3 Å². The minimum absolute atomic E-state index is 0.0711. The van der Waals surface area contributed by atoms with Gasteiger partial charge in [-0.2, -0.15) is 0 Å². The maximum atomic E-state index is 11.7. The fourth-order valence-corrected chi connectivity index (χ4v) is 1.93. The van der Waals surface area contributed by atoms with Gasteiger partial charge in [0.05, 0.1) is 6.54 Å². The summed E-state index contributed by atoms with van der Waals surface area (Å²) in [6.07, 6.45) is 3.70. The van der Waals surface area contributed by atoms with Crippen molar-refractivity contribution < 1.29 is 4.79 Å². The van der Waals surface area contributed by atoms with Crippen molar-refractivity contribution in [2.45, 2.75) is 79.3 Å². The molecule has 5 nitrogen and oxygen atoms in total. The van der Waals surface area contributed by atoms with Gasteiger partial charge >= 0.3 is 0 Å². The second kappa shape index (κ2) is 12.3. The second-order valence-corrected chi connectivity index (χ2v) is 6.40. The van der Waals surface area contributed by atoms with Gasteiger partial charge in [0.1, 0.15) is 0 Å². The number of nitrogens with one attached hydrogen (secondary N) is 3. The van der Waals surface area contributed by atoms with E-state index >= 15 is 0 Å². The van der Waals surface area contributed by atoms with Crippen LogP contribution in [0.5, 0.6) is 0 Å². The van der Waals surface area contributed by atoms with E-state index < -0.39 is 0 Å². The van der Waals surface area contributed by atoms with Gasteiger partial charge in [-0.25, -0.2) is 0 Å². The minimum Gasteiger partial charge on any atom is -0.357 e. The largest absolute Gasteiger partial charge is 0.357 e. The molecule has 3 N–H and O–H groups in total. The average molecular weight is 313 g/mol. The zero-order valence-electron chi connectivity index (χ0n) is 15.3. The van der Waals surface area contributed by atoms with Crippen LogP contribution in [0.25, 0.3) is 0 Å². The number of guanidine groups is 1. The minimum atomic E-state index is 0.0711. The molecule has 0 bridgehead atoms. The van der Waals surface area contributed by atoms with Crippen LogP contribution in [0.4, 0.5) is 0 Å². The Balaban J connectivity index is 4.22. The number of carbonyl (C=O) groups is 1. The summed E-state index contributed by atoms with van der Waals surface area (Å²) < 4.78 is 0. The van der Waals surface area contributed by atoms with E-state index in [2.05, 4.69) is 48.6 Å². The van der Waals surface area contributed by atoms with Crippen LogP contribution in [0.15, 0.2) is 4.99 Å². The van der Waals surface area contributed by atoms with Crippen molar-refractivity contribution in [3.8, 4) is 0 Å². The Labute approximate surface area is 136 Å². The average Bonchev–Trinajstić information content (AvgIpc) is 2.45. The number of nitrogens with zero attached hydrogens (tertiary/aromatic N) is 1. The van der Waals surface area contributed by atoms with Crippen molar-refractivity contribution >= 4 is 11.9 Å². The Morgan fingerprint density at radius 1 is 1.00 bits per heavy atom. The highest BCUT2D eigenvalue weighted by Gasteiger charge is 2.07. The summed E-state index contributed by atoms with van der Waals surface area (Å²) in [5.41, 5.74) is 0. The van der Waals surface area contributed by atoms with Crippen LogP contribution in [0.3, 0.4) is 0 Å². The van der Waals surface area contributed by atoms with Gasteiger partial charge in [0.2, 0.25) is 5.91 Å². The van der Waals surface area contributed by atoms with Crippen LogP contribution in [0, 0.1) is 5.92 Å². The van der Waals surface area contributed by atoms with Crippen LogP contribution < -0.4 is 16.0 Å². The normalized spacial score (nSPS) is 14.6. The van der Waals surface area contributed by atoms with Gasteiger partial charge < -0.3 is 16.0 Å². The van der Waals surface area contributed by atoms with Crippen LogP contribution in [-0.2, 0) is 4.79 Å². The summed E-state index contributed by atoms with van der Waals surface area (Å²) in [6, 6.07) is 0.619. The SMILES string of the molecule is CCNC(=NCCC(=O)NC(C)CC)NC(C)CCC(C)C. The van der Waals surface area contributed by atoms with E-state index in [4.69, 9.17) is 0 Å². The maximum absolute atomic E-state index is 11.7. The van der Waals surface area contributed by atoms with Gasteiger partial charge in [0, 0.05) is 25.0 Å². The zero-order valence-corrected chi connectivity index (χ0v) is 15.3. The first-order valence-electron chi connectivity index (χ1n) is 8.73. The number of rotatable bonds is 10. The molecule has 0 aromatic heterocycles. The third-order valence-corrected chi connectivity index (χ3v) is 3.53. The molecule has 1 amide bonds. The molecular weight excluding hydrogens is 276 g/mol. The van der Waals surface area contributed by atoms with Gasteiger partial charge in [0.25, 0.3) is 0 Å². The topological polar surface area (TPSA) is 65.5 Å². The molecule has 0 aliphatic heterocycles. The first-order chi connectivity index (χ1) is 10.4. The molecule has 0 heterocycles. The Morgan fingerprint density at radius 2 is 1.68 bits per heavy atom. The van der Waals surface area contributed by atoms with Crippen LogP contribution in [-0.4, -0.2) is 37.0 Å². The summed E-state index contributed by atoms with van der Waals surface area (Å²) in [6.45, 7) is 14.1. The summed E-state index contributed by atoms with van der Waals surface area (Å²) >= 11 is 0. The molecular formula is C17H36N4O. The van der Waals surface area contributed by atoms with Gasteiger partial charge in [-0.1, -0.05) is 20.8 Å². The highest BCUT2D eigenvalue weighted by Crippen LogP contribution is 2.06. The quantitative estimate of drug-likeness (QED) is 0.429. The molecule has 130 valence electrons. The number of carbonyl (C=O) groups excluding carboxylic acids is 1. The highest BCUT2D eigenvalue weighted by atomic mass is 16.1. The van der Waals surface area contributed by atoms with Gasteiger partial charge in [-0.15, -0.1) is 0 Å². The Bertz CT molecular complexity index is 329. The third kappa shape index (κ3) is 11.4. The predicted molar refractivity (Wildman–Crippen MR) is 95.2 cm³/mol. The molecule has 0 saturated heterocycles. The fraction of sp³-hybridized carbons (Fsp3) is 0.882. The van der Waals surface area contributed by atoms with E-state index in [9.17, 15) is 4.79 Å². The number of aliphatic imine (C=N–C) groups is 1. The second-order valence-electron chi connectivity index (χ2n) is 6.40. The fourth-order valence-electron chi connectivity index (χ4n) is 1.93. The highest BCUT2D eigenvalue weighted by molar-refractivity contribution is 5.81. The van der Waals surface area contributed by atoms with Gasteiger partial charge in [-0.3, -0.25) is 9.79 Å². The number of hydrogen-bond donors (Lipinski definition) is 3.